The van der Waals surface area contributed by atoms with Gasteiger partial charge in [0.2, 0.25) is 0 Å². The van der Waals surface area contributed by atoms with Crippen molar-refractivity contribution >= 4 is 16.7 Å². The predicted octanol–water partition coefficient (Wildman–Crippen LogP) is 1.48. The van der Waals surface area contributed by atoms with E-state index in [1.54, 1.807) is 0 Å². The second-order valence-corrected chi connectivity index (χ2v) is 5.34. The summed E-state index contributed by atoms with van der Waals surface area (Å²) >= 11 is 0. The van der Waals surface area contributed by atoms with Crippen molar-refractivity contribution in [2.45, 2.75) is 25.5 Å². The molecule has 5 heteroatoms. The number of piperidine rings is 1. The van der Waals surface area contributed by atoms with Crippen LogP contribution in [0.5, 0.6) is 0 Å². The van der Waals surface area contributed by atoms with Gasteiger partial charge in [-0.3, -0.25) is 4.90 Å². The van der Waals surface area contributed by atoms with Crippen molar-refractivity contribution in [3.8, 4) is 0 Å². The molecule has 1 aliphatic rings. The highest BCUT2D eigenvalue weighted by atomic mass is 16.3. The molecule has 0 bridgehead atoms. The van der Waals surface area contributed by atoms with Gasteiger partial charge in [-0.05, 0) is 25.0 Å². The molecule has 20 heavy (non-hydrogen) atoms. The van der Waals surface area contributed by atoms with Gasteiger partial charge in [0.05, 0.1) is 11.6 Å². The van der Waals surface area contributed by atoms with Crippen LogP contribution < -0.4 is 11.3 Å². The van der Waals surface area contributed by atoms with Crippen molar-refractivity contribution in [1.82, 2.24) is 9.88 Å². The molecule has 0 unspecified atom stereocenters. The number of benzene rings is 1. The maximum atomic E-state index is 9.56. The highest BCUT2D eigenvalue weighted by Crippen LogP contribution is 2.22. The van der Waals surface area contributed by atoms with E-state index in [4.69, 9.17) is 5.84 Å². The Labute approximate surface area is 118 Å². The molecule has 106 valence electrons. The van der Waals surface area contributed by atoms with Crippen LogP contribution >= 0.6 is 0 Å². The van der Waals surface area contributed by atoms with E-state index in [2.05, 4.69) is 27.4 Å². The average molecular weight is 272 g/mol. The first-order valence-electron chi connectivity index (χ1n) is 7.02. The van der Waals surface area contributed by atoms with Crippen LogP contribution in [0, 0.1) is 0 Å². The number of nitrogens with zero attached hydrogens (tertiary/aromatic N) is 2. The van der Waals surface area contributed by atoms with Crippen molar-refractivity contribution in [2.24, 2.45) is 5.84 Å². The number of para-hydroxylation sites is 1. The fraction of sp³-hybridized carbons (Fsp3) is 0.400. The summed E-state index contributed by atoms with van der Waals surface area (Å²) < 4.78 is 0. The van der Waals surface area contributed by atoms with Crippen molar-refractivity contribution in [1.29, 1.82) is 0 Å². The lowest BCUT2D eigenvalue weighted by Crippen LogP contribution is -2.35. The van der Waals surface area contributed by atoms with Crippen LogP contribution in [0.25, 0.3) is 10.9 Å². The molecule has 0 atom stereocenters. The second-order valence-electron chi connectivity index (χ2n) is 5.34. The van der Waals surface area contributed by atoms with Crippen molar-refractivity contribution in [3.63, 3.8) is 0 Å². The van der Waals surface area contributed by atoms with Gasteiger partial charge < -0.3 is 10.5 Å². The summed E-state index contributed by atoms with van der Waals surface area (Å²) in [7, 11) is 0. The molecule has 1 aliphatic heterocycles. The number of likely N-dealkylation sites (tertiary alicyclic amines) is 1. The van der Waals surface area contributed by atoms with E-state index in [0.717, 1.165) is 54.8 Å². The maximum absolute atomic E-state index is 9.56. The van der Waals surface area contributed by atoms with E-state index >= 15 is 0 Å². The lowest BCUT2D eigenvalue weighted by molar-refractivity contribution is 0.0793. The Hall–Kier alpha value is -1.69. The third-order valence-electron chi connectivity index (χ3n) is 3.89. The highest BCUT2D eigenvalue weighted by Gasteiger charge is 2.18. The molecule has 0 radical (unpaired) electrons. The quantitative estimate of drug-likeness (QED) is 0.583. The lowest BCUT2D eigenvalue weighted by atomic mass is 10.1. The molecule has 2 heterocycles. The third kappa shape index (κ3) is 2.75. The zero-order valence-electron chi connectivity index (χ0n) is 11.4. The van der Waals surface area contributed by atoms with Crippen LogP contribution in [0.3, 0.4) is 0 Å². The molecular formula is C15H20N4O. The maximum Gasteiger partial charge on any atom is 0.145 e. The molecule has 4 N–H and O–H groups in total. The van der Waals surface area contributed by atoms with E-state index in [1.165, 1.54) is 0 Å². The van der Waals surface area contributed by atoms with Crippen LogP contribution in [-0.2, 0) is 6.54 Å². The zero-order chi connectivity index (χ0) is 13.9. The van der Waals surface area contributed by atoms with E-state index in [-0.39, 0.29) is 6.10 Å². The average Bonchev–Trinajstić information content (AvgIpc) is 2.49. The zero-order valence-corrected chi connectivity index (χ0v) is 11.4. The topological polar surface area (TPSA) is 74.4 Å². The molecule has 1 fully saturated rings. The first-order chi connectivity index (χ1) is 9.76. The van der Waals surface area contributed by atoms with Gasteiger partial charge in [0, 0.05) is 30.6 Å². The summed E-state index contributed by atoms with van der Waals surface area (Å²) in [5.74, 6) is 6.33. The Morgan fingerprint density at radius 1 is 1.30 bits per heavy atom. The number of aromatic nitrogens is 1. The molecule has 3 rings (SSSR count). The summed E-state index contributed by atoms with van der Waals surface area (Å²) in [5, 5.41) is 10.7. The van der Waals surface area contributed by atoms with Crippen molar-refractivity contribution in [3.05, 3.63) is 35.9 Å². The standard InChI is InChI=1S/C15H20N4O/c16-18-15-12(10-19-7-5-13(20)6-8-19)9-11-3-1-2-4-14(11)17-15/h1-4,9,13,20H,5-8,10,16H2,(H,17,18). The number of hydrogen-bond acceptors (Lipinski definition) is 5. The number of fused-ring (bicyclic) bond motifs is 1. The second kappa shape index (κ2) is 5.75. The first-order valence-corrected chi connectivity index (χ1v) is 7.02. The van der Waals surface area contributed by atoms with E-state index in [9.17, 15) is 5.11 Å². The minimum atomic E-state index is -0.145. The molecule has 1 aromatic heterocycles. The molecule has 1 saturated heterocycles. The Kier molecular flexibility index (Phi) is 3.82. The molecule has 2 aromatic rings. The van der Waals surface area contributed by atoms with Crippen molar-refractivity contribution in [2.75, 3.05) is 18.5 Å². The summed E-state index contributed by atoms with van der Waals surface area (Å²) in [5.41, 5.74) is 4.74. The van der Waals surface area contributed by atoms with E-state index < -0.39 is 0 Å². The van der Waals surface area contributed by atoms with Crippen LogP contribution in [0.4, 0.5) is 5.82 Å². The molecule has 0 spiro atoms. The van der Waals surface area contributed by atoms with Crippen molar-refractivity contribution < 1.29 is 5.11 Å². The summed E-state index contributed by atoms with van der Waals surface area (Å²) in [6.07, 6.45) is 1.53. The normalized spacial score (nSPS) is 17.5. The first kappa shape index (κ1) is 13.3. The third-order valence-corrected chi connectivity index (χ3v) is 3.89. The van der Waals surface area contributed by atoms with Gasteiger partial charge in [0.25, 0.3) is 0 Å². The Balaban J connectivity index is 1.86. The van der Waals surface area contributed by atoms with Gasteiger partial charge in [0.15, 0.2) is 0 Å². The van der Waals surface area contributed by atoms with Gasteiger partial charge in [-0.2, -0.15) is 0 Å². The molecule has 0 amide bonds. The molecule has 5 nitrogen and oxygen atoms in total. The van der Waals surface area contributed by atoms with Crippen LogP contribution in [0.1, 0.15) is 18.4 Å². The SMILES string of the molecule is NNc1nc2ccccc2cc1CN1CCC(O)CC1. The summed E-state index contributed by atoms with van der Waals surface area (Å²) in [6.45, 7) is 2.64. The van der Waals surface area contributed by atoms with Crippen LogP contribution in [0.15, 0.2) is 30.3 Å². The van der Waals surface area contributed by atoms with E-state index in [0.29, 0.717) is 0 Å². The number of nitrogens with two attached hydrogens (primary N) is 1. The Morgan fingerprint density at radius 2 is 2.05 bits per heavy atom. The Morgan fingerprint density at radius 3 is 2.80 bits per heavy atom. The number of nitrogen functional groups attached to an aromatic ring is 1. The Bertz CT molecular complexity index is 593. The van der Waals surface area contributed by atoms with Gasteiger partial charge in [0.1, 0.15) is 5.82 Å². The van der Waals surface area contributed by atoms with Gasteiger partial charge in [-0.25, -0.2) is 10.8 Å². The molecular weight excluding hydrogens is 252 g/mol. The minimum Gasteiger partial charge on any atom is -0.393 e. The number of aliphatic hydroxyl groups is 1. The number of hydrogen-bond donors (Lipinski definition) is 3. The van der Waals surface area contributed by atoms with Gasteiger partial charge in [-0.1, -0.05) is 18.2 Å². The molecule has 0 aliphatic carbocycles. The van der Waals surface area contributed by atoms with Crippen LogP contribution in [0.2, 0.25) is 0 Å². The minimum absolute atomic E-state index is 0.145. The number of rotatable bonds is 3. The molecule has 0 saturated carbocycles. The number of anilines is 1. The van der Waals surface area contributed by atoms with Gasteiger partial charge >= 0.3 is 0 Å². The van der Waals surface area contributed by atoms with E-state index in [1.807, 2.05) is 18.2 Å². The fourth-order valence-corrected chi connectivity index (χ4v) is 2.72. The van der Waals surface area contributed by atoms with Gasteiger partial charge in [-0.15, -0.1) is 0 Å². The number of aliphatic hydroxyl groups excluding tert-OH is 1. The fourth-order valence-electron chi connectivity index (χ4n) is 2.72. The number of hydrazine groups is 1. The smallest absolute Gasteiger partial charge is 0.145 e. The number of pyridine rings is 1. The largest absolute Gasteiger partial charge is 0.393 e. The summed E-state index contributed by atoms with van der Waals surface area (Å²) in [6, 6.07) is 10.2. The molecule has 1 aromatic carbocycles. The summed E-state index contributed by atoms with van der Waals surface area (Å²) in [4.78, 5) is 6.89. The monoisotopic (exact) mass is 272 g/mol. The lowest BCUT2D eigenvalue weighted by Gasteiger charge is -2.29. The van der Waals surface area contributed by atoms with Crippen LogP contribution in [-0.4, -0.2) is 34.2 Å². The predicted molar refractivity (Wildman–Crippen MR) is 80.1 cm³/mol. The highest BCUT2D eigenvalue weighted by molar-refractivity contribution is 5.81. The number of nitrogens with one attached hydrogen (secondary N) is 1.